The lowest BCUT2D eigenvalue weighted by atomic mass is 10.2. The zero-order valence-electron chi connectivity index (χ0n) is 13.5. The molecule has 1 saturated heterocycles. The second-order valence-electron chi connectivity index (χ2n) is 5.89. The van der Waals surface area contributed by atoms with Gasteiger partial charge in [0.1, 0.15) is 5.75 Å². The number of phenolic OH excluding ortho intramolecular Hbond substituents is 1. The minimum atomic E-state index is 0.198. The monoisotopic (exact) mass is 485 g/mol. The number of phenols is 1. The minimum absolute atomic E-state index is 0.198. The Morgan fingerprint density at radius 3 is 2.56 bits per heavy atom. The van der Waals surface area contributed by atoms with Crippen molar-refractivity contribution in [3.8, 4) is 5.75 Å². The maximum absolute atomic E-state index is 10.1. The summed E-state index contributed by atoms with van der Waals surface area (Å²) in [5.74, 6) is 0.198. The van der Waals surface area contributed by atoms with Gasteiger partial charge < -0.3 is 5.11 Å². The highest BCUT2D eigenvalue weighted by Crippen LogP contribution is 2.30. The number of rotatable bonds is 4. The third-order valence-corrected chi connectivity index (χ3v) is 5.55. The van der Waals surface area contributed by atoms with E-state index in [1.54, 1.807) is 12.3 Å². The average molecular weight is 488 g/mol. The molecule has 0 saturated carbocycles. The normalized spacial score (nSPS) is 15.9. The van der Waals surface area contributed by atoms with Gasteiger partial charge in [0.15, 0.2) is 0 Å². The Morgan fingerprint density at radius 1 is 1.12 bits per heavy atom. The third kappa shape index (κ3) is 4.97. The number of nitrogens with zero attached hydrogens (tertiary/aromatic N) is 3. The van der Waals surface area contributed by atoms with Crippen molar-refractivity contribution in [2.75, 3.05) is 26.2 Å². The molecule has 0 aliphatic carbocycles. The van der Waals surface area contributed by atoms with Crippen molar-refractivity contribution in [2.24, 2.45) is 5.10 Å². The summed E-state index contributed by atoms with van der Waals surface area (Å²) < 4.78 is 1.54. The quantitative estimate of drug-likeness (QED) is 0.635. The van der Waals surface area contributed by atoms with Crippen molar-refractivity contribution in [1.29, 1.82) is 0 Å². The van der Waals surface area contributed by atoms with Gasteiger partial charge in [0.25, 0.3) is 0 Å². The molecule has 1 N–H and O–H groups in total. The van der Waals surface area contributed by atoms with Crippen LogP contribution in [0.1, 0.15) is 11.1 Å². The molecule has 7 heteroatoms. The van der Waals surface area contributed by atoms with Crippen LogP contribution in [-0.4, -0.2) is 47.4 Å². The predicted octanol–water partition coefficient (Wildman–Crippen LogP) is 4.72. The zero-order chi connectivity index (χ0) is 17.8. The number of piperazine rings is 1. The second kappa shape index (κ2) is 8.54. The number of hydrogen-bond acceptors (Lipinski definition) is 4. The highest BCUT2D eigenvalue weighted by atomic mass is 79.9. The van der Waals surface area contributed by atoms with Crippen LogP contribution in [0.15, 0.2) is 50.4 Å². The molecular formula is C18H18Br2ClN3O. The maximum Gasteiger partial charge on any atom is 0.138 e. The maximum atomic E-state index is 10.1. The van der Waals surface area contributed by atoms with Gasteiger partial charge in [0, 0.05) is 47.8 Å². The predicted molar refractivity (Wildman–Crippen MR) is 109 cm³/mol. The Balaban J connectivity index is 1.57. The van der Waals surface area contributed by atoms with Crippen LogP contribution in [0.4, 0.5) is 0 Å². The average Bonchev–Trinajstić information content (AvgIpc) is 2.60. The molecule has 0 spiro atoms. The van der Waals surface area contributed by atoms with Gasteiger partial charge in [-0.2, -0.15) is 5.10 Å². The van der Waals surface area contributed by atoms with E-state index in [1.165, 1.54) is 0 Å². The van der Waals surface area contributed by atoms with Crippen molar-refractivity contribution in [1.82, 2.24) is 9.91 Å². The van der Waals surface area contributed by atoms with Gasteiger partial charge in [-0.1, -0.05) is 45.7 Å². The molecule has 0 unspecified atom stereocenters. The van der Waals surface area contributed by atoms with E-state index in [1.807, 2.05) is 29.3 Å². The molecule has 25 heavy (non-hydrogen) atoms. The van der Waals surface area contributed by atoms with Gasteiger partial charge in [-0.15, -0.1) is 0 Å². The fraction of sp³-hybridized carbons (Fsp3) is 0.278. The van der Waals surface area contributed by atoms with E-state index in [0.717, 1.165) is 47.8 Å². The molecule has 1 aliphatic heterocycles. The van der Waals surface area contributed by atoms with Gasteiger partial charge >= 0.3 is 0 Å². The molecule has 2 aromatic rings. The summed E-state index contributed by atoms with van der Waals surface area (Å²) in [7, 11) is 0. The zero-order valence-corrected chi connectivity index (χ0v) is 17.4. The molecule has 132 valence electrons. The van der Waals surface area contributed by atoms with Gasteiger partial charge in [-0.25, -0.2) is 0 Å². The minimum Gasteiger partial charge on any atom is -0.506 e. The first-order chi connectivity index (χ1) is 12.0. The smallest absolute Gasteiger partial charge is 0.138 e. The summed E-state index contributed by atoms with van der Waals surface area (Å²) in [4.78, 5) is 2.38. The molecule has 0 bridgehead atoms. The van der Waals surface area contributed by atoms with Crippen molar-refractivity contribution < 1.29 is 5.11 Å². The number of aromatic hydroxyl groups is 1. The highest BCUT2D eigenvalue weighted by Gasteiger charge is 2.16. The number of halogens is 3. The molecule has 0 atom stereocenters. The Labute approximate surface area is 169 Å². The lowest BCUT2D eigenvalue weighted by Gasteiger charge is -2.33. The van der Waals surface area contributed by atoms with Crippen molar-refractivity contribution in [3.05, 3.63) is 61.5 Å². The van der Waals surface area contributed by atoms with Crippen LogP contribution < -0.4 is 0 Å². The molecule has 3 rings (SSSR count). The van der Waals surface area contributed by atoms with Crippen molar-refractivity contribution in [2.45, 2.75) is 6.54 Å². The van der Waals surface area contributed by atoms with Crippen LogP contribution in [-0.2, 0) is 6.54 Å². The van der Waals surface area contributed by atoms with Gasteiger partial charge in [0.05, 0.1) is 10.7 Å². The van der Waals surface area contributed by atoms with Crippen molar-refractivity contribution >= 4 is 49.7 Å². The Hall–Kier alpha value is -1.08. The number of benzene rings is 2. The van der Waals surface area contributed by atoms with Crippen LogP contribution in [0, 0.1) is 0 Å². The van der Waals surface area contributed by atoms with Crippen LogP contribution in [0.25, 0.3) is 0 Å². The molecule has 1 fully saturated rings. The summed E-state index contributed by atoms with van der Waals surface area (Å²) in [6.45, 7) is 4.40. The summed E-state index contributed by atoms with van der Waals surface area (Å²) in [6, 6.07) is 11.6. The largest absolute Gasteiger partial charge is 0.506 e. The molecule has 4 nitrogen and oxygen atoms in total. The Kier molecular flexibility index (Phi) is 6.39. The van der Waals surface area contributed by atoms with E-state index in [2.05, 4.69) is 47.9 Å². The molecule has 0 aromatic heterocycles. The summed E-state index contributed by atoms with van der Waals surface area (Å²) in [5.41, 5.74) is 1.84. The molecule has 0 amide bonds. The lowest BCUT2D eigenvalue weighted by Crippen LogP contribution is -2.43. The van der Waals surface area contributed by atoms with Gasteiger partial charge in [0.2, 0.25) is 0 Å². The molecular weight excluding hydrogens is 469 g/mol. The van der Waals surface area contributed by atoms with Gasteiger partial charge in [-0.3, -0.25) is 9.91 Å². The van der Waals surface area contributed by atoms with Crippen molar-refractivity contribution in [3.63, 3.8) is 0 Å². The van der Waals surface area contributed by atoms with Crippen LogP contribution in [0.3, 0.4) is 0 Å². The fourth-order valence-corrected chi connectivity index (χ4v) is 4.16. The van der Waals surface area contributed by atoms with E-state index in [0.29, 0.717) is 10.0 Å². The second-order valence-corrected chi connectivity index (χ2v) is 8.07. The molecule has 2 aromatic carbocycles. The first-order valence-corrected chi connectivity index (χ1v) is 9.92. The summed E-state index contributed by atoms with van der Waals surface area (Å²) in [6.07, 6.45) is 1.70. The molecule has 1 aliphatic rings. The van der Waals surface area contributed by atoms with E-state index in [9.17, 15) is 5.11 Å². The Bertz CT molecular complexity index is 777. The van der Waals surface area contributed by atoms with Crippen LogP contribution in [0.5, 0.6) is 5.75 Å². The van der Waals surface area contributed by atoms with Crippen LogP contribution in [0.2, 0.25) is 5.02 Å². The van der Waals surface area contributed by atoms with Gasteiger partial charge in [-0.05, 0) is 39.7 Å². The highest BCUT2D eigenvalue weighted by molar-refractivity contribution is 9.11. The topological polar surface area (TPSA) is 39.1 Å². The first-order valence-electron chi connectivity index (χ1n) is 7.95. The van der Waals surface area contributed by atoms with E-state index < -0.39 is 0 Å². The number of hydrazone groups is 1. The number of hydrogen-bond donors (Lipinski definition) is 1. The van der Waals surface area contributed by atoms with E-state index in [-0.39, 0.29) is 5.75 Å². The fourth-order valence-electron chi connectivity index (χ4n) is 2.71. The molecule has 1 heterocycles. The molecule has 0 radical (unpaired) electrons. The Morgan fingerprint density at radius 2 is 1.84 bits per heavy atom. The van der Waals surface area contributed by atoms with Crippen LogP contribution >= 0.6 is 43.5 Å². The van der Waals surface area contributed by atoms with E-state index in [4.69, 9.17) is 11.6 Å². The van der Waals surface area contributed by atoms with E-state index >= 15 is 0 Å². The SMILES string of the molecule is Oc1c(Br)cc(Br)cc1/C=N/N1CCN(Cc2ccccc2Cl)CC1. The standard InChI is InChI=1S/C18H18Br2ClN3O/c19-15-9-14(18(25)16(20)10-15)11-22-24-7-5-23(6-8-24)12-13-3-1-2-4-17(13)21/h1-4,9-11,25H,5-8,12H2/b22-11+. The third-order valence-electron chi connectivity index (χ3n) is 4.12. The lowest BCUT2D eigenvalue weighted by molar-refractivity contribution is 0.131. The summed E-state index contributed by atoms with van der Waals surface area (Å²) in [5, 5.41) is 17.4. The first kappa shape index (κ1) is 18.7. The summed E-state index contributed by atoms with van der Waals surface area (Å²) >= 11 is 13.0.